The molecule has 3 rings (SSSR count). The first-order valence-corrected chi connectivity index (χ1v) is 9.07. The number of aryl methyl sites for hydroxylation is 1. The van der Waals surface area contributed by atoms with Gasteiger partial charge in [-0.15, -0.1) is 0 Å². The molecule has 1 aromatic carbocycles. The monoisotopic (exact) mass is 385 g/mol. The van der Waals surface area contributed by atoms with E-state index in [9.17, 15) is 14.7 Å². The Bertz CT molecular complexity index is 917. The van der Waals surface area contributed by atoms with Crippen molar-refractivity contribution in [2.24, 2.45) is 5.10 Å². The van der Waals surface area contributed by atoms with Crippen molar-refractivity contribution in [1.82, 2.24) is 10.7 Å². The highest BCUT2D eigenvalue weighted by atomic mass is 16.5. The lowest BCUT2D eigenvalue weighted by molar-refractivity contribution is 0.0905. The van der Waals surface area contributed by atoms with Crippen molar-refractivity contribution in [2.45, 2.75) is 26.2 Å². The maximum atomic E-state index is 12.4. The molecule has 0 atom stereocenters. The lowest BCUT2D eigenvalue weighted by Crippen LogP contribution is -2.27. The second-order valence-corrected chi connectivity index (χ2v) is 6.47. The summed E-state index contributed by atoms with van der Waals surface area (Å²) >= 11 is 0. The zero-order valence-corrected chi connectivity index (χ0v) is 15.9. The predicted molar refractivity (Wildman–Crippen MR) is 103 cm³/mol. The van der Waals surface area contributed by atoms with Gasteiger partial charge in [-0.1, -0.05) is 12.1 Å². The minimum absolute atomic E-state index is 0.112. The molecule has 148 valence electrons. The zero-order chi connectivity index (χ0) is 20.1. The summed E-state index contributed by atoms with van der Waals surface area (Å²) in [6, 6.07) is 6.26. The normalized spacial score (nSPS) is 14.6. The number of benzene rings is 1. The molecule has 2 amide bonds. The van der Waals surface area contributed by atoms with Crippen LogP contribution in [0.5, 0.6) is 5.75 Å². The Morgan fingerprint density at radius 2 is 2.04 bits per heavy atom. The first kappa shape index (κ1) is 19.6. The molecule has 0 aliphatic heterocycles. The van der Waals surface area contributed by atoms with Crippen molar-refractivity contribution in [3.05, 3.63) is 52.5 Å². The van der Waals surface area contributed by atoms with Gasteiger partial charge >= 0.3 is 0 Å². The molecule has 8 nitrogen and oxygen atoms in total. The van der Waals surface area contributed by atoms with E-state index < -0.39 is 5.91 Å². The van der Waals surface area contributed by atoms with E-state index in [-0.39, 0.29) is 23.0 Å². The molecule has 0 saturated heterocycles. The lowest BCUT2D eigenvalue weighted by Gasteiger charge is -2.13. The smallest absolute Gasteiger partial charge is 0.287 e. The fraction of sp³-hybridized carbons (Fsp3) is 0.350. The van der Waals surface area contributed by atoms with Crippen LogP contribution in [0.15, 0.2) is 33.8 Å². The van der Waals surface area contributed by atoms with Gasteiger partial charge in [0.25, 0.3) is 11.8 Å². The molecule has 0 spiro atoms. The molecule has 28 heavy (non-hydrogen) atoms. The minimum atomic E-state index is -0.503. The third-order valence-corrected chi connectivity index (χ3v) is 4.56. The molecular formula is C20H23N3O5. The summed E-state index contributed by atoms with van der Waals surface area (Å²) in [4.78, 5) is 24.6. The molecule has 0 radical (unpaired) electrons. The number of aromatic hydroxyl groups is 1. The number of fused-ring (bicyclic) bond motifs is 1. The van der Waals surface area contributed by atoms with Crippen LogP contribution < -0.4 is 10.7 Å². The van der Waals surface area contributed by atoms with Gasteiger partial charge in [0.1, 0.15) is 11.5 Å². The molecule has 2 aromatic rings. The maximum absolute atomic E-state index is 12.4. The van der Waals surface area contributed by atoms with Crippen molar-refractivity contribution in [2.75, 3.05) is 20.3 Å². The van der Waals surface area contributed by atoms with Crippen molar-refractivity contribution in [1.29, 1.82) is 0 Å². The van der Waals surface area contributed by atoms with E-state index in [0.29, 0.717) is 43.0 Å². The molecule has 3 N–H and O–H groups in total. The van der Waals surface area contributed by atoms with Crippen LogP contribution in [0, 0.1) is 6.92 Å². The molecule has 0 saturated carbocycles. The van der Waals surface area contributed by atoms with Crippen LogP contribution in [-0.2, 0) is 11.2 Å². The molecule has 1 aliphatic rings. The average molecular weight is 385 g/mol. The highest BCUT2D eigenvalue weighted by Crippen LogP contribution is 2.30. The van der Waals surface area contributed by atoms with Crippen LogP contribution >= 0.6 is 0 Å². The number of hydrogen-bond donors (Lipinski definition) is 3. The van der Waals surface area contributed by atoms with E-state index in [2.05, 4.69) is 15.8 Å². The Hall–Kier alpha value is -3.13. The second kappa shape index (κ2) is 8.71. The first-order valence-electron chi connectivity index (χ1n) is 9.07. The first-order chi connectivity index (χ1) is 13.5. The number of carbonyl (C=O) groups excluding carboxylic acids is 2. The summed E-state index contributed by atoms with van der Waals surface area (Å²) in [5, 5.41) is 16.8. The number of carbonyl (C=O) groups is 2. The lowest BCUT2D eigenvalue weighted by atomic mass is 9.93. The predicted octanol–water partition coefficient (Wildman–Crippen LogP) is 2.14. The van der Waals surface area contributed by atoms with Crippen molar-refractivity contribution in [3.63, 3.8) is 0 Å². The van der Waals surface area contributed by atoms with Gasteiger partial charge in [-0.2, -0.15) is 5.10 Å². The number of nitrogens with zero attached hydrogens (tertiary/aromatic N) is 1. The number of amides is 2. The number of phenolic OH excluding ortho intramolecular Hbond substituents is 1. The van der Waals surface area contributed by atoms with E-state index in [0.717, 1.165) is 12.0 Å². The third-order valence-electron chi connectivity index (χ3n) is 4.56. The summed E-state index contributed by atoms with van der Waals surface area (Å²) in [5.74, 6) is 0.0240. The van der Waals surface area contributed by atoms with Crippen LogP contribution in [0.2, 0.25) is 0 Å². The summed E-state index contributed by atoms with van der Waals surface area (Å²) in [6.45, 7) is 2.60. The molecule has 0 unspecified atom stereocenters. The topological polar surface area (TPSA) is 113 Å². The van der Waals surface area contributed by atoms with Crippen molar-refractivity contribution < 1.29 is 23.8 Å². The van der Waals surface area contributed by atoms with Gasteiger partial charge in [0.2, 0.25) is 0 Å². The minimum Gasteiger partial charge on any atom is -0.507 e. The van der Waals surface area contributed by atoms with Crippen LogP contribution in [0.3, 0.4) is 0 Å². The van der Waals surface area contributed by atoms with Crippen LogP contribution in [0.25, 0.3) is 0 Å². The van der Waals surface area contributed by atoms with Crippen LogP contribution in [0.4, 0.5) is 0 Å². The number of hydrogen-bond acceptors (Lipinski definition) is 6. The number of furan rings is 1. The van der Waals surface area contributed by atoms with E-state index in [1.807, 2.05) is 0 Å². The Labute approximate surface area is 162 Å². The number of hydrazone groups is 1. The molecule has 8 heteroatoms. The number of ether oxygens (including phenoxy) is 1. The molecule has 0 bridgehead atoms. The number of phenols is 1. The zero-order valence-electron chi connectivity index (χ0n) is 15.9. The summed E-state index contributed by atoms with van der Waals surface area (Å²) < 4.78 is 10.7. The largest absolute Gasteiger partial charge is 0.507 e. The van der Waals surface area contributed by atoms with Crippen molar-refractivity contribution in [3.8, 4) is 5.75 Å². The Balaban J connectivity index is 1.81. The fourth-order valence-electron chi connectivity index (χ4n) is 3.19. The highest BCUT2D eigenvalue weighted by molar-refractivity contribution is 6.07. The van der Waals surface area contributed by atoms with Gasteiger partial charge in [0, 0.05) is 31.2 Å². The molecular weight excluding hydrogens is 362 g/mol. The summed E-state index contributed by atoms with van der Waals surface area (Å²) in [6.07, 6.45) is 2.16. The number of rotatable bonds is 6. The van der Waals surface area contributed by atoms with E-state index in [1.165, 1.54) is 12.1 Å². The number of para-hydroxylation sites is 1. The van der Waals surface area contributed by atoms with E-state index in [4.69, 9.17) is 9.15 Å². The Kier molecular flexibility index (Phi) is 6.10. The molecule has 1 aliphatic carbocycles. The van der Waals surface area contributed by atoms with Gasteiger partial charge in [0.15, 0.2) is 5.76 Å². The van der Waals surface area contributed by atoms with Crippen molar-refractivity contribution >= 4 is 17.5 Å². The number of methoxy groups -OCH3 is 1. The van der Waals surface area contributed by atoms with Gasteiger partial charge in [-0.05, 0) is 31.9 Å². The Morgan fingerprint density at radius 1 is 1.25 bits per heavy atom. The standard InChI is InChI=1S/C20H23N3O5/c1-12-17-14(22-23-19(25)13-6-3-4-8-15(13)24)7-5-9-16(17)28-18(12)20(26)21-10-11-27-2/h3-4,6,8,24H,5,7,9-11H2,1-2H3,(H,21,26)(H,23,25)/b22-14+. The van der Waals surface area contributed by atoms with Gasteiger partial charge in [0.05, 0.1) is 17.9 Å². The van der Waals surface area contributed by atoms with Crippen LogP contribution in [-0.4, -0.2) is 42.9 Å². The highest BCUT2D eigenvalue weighted by Gasteiger charge is 2.28. The fourth-order valence-corrected chi connectivity index (χ4v) is 3.19. The van der Waals surface area contributed by atoms with E-state index >= 15 is 0 Å². The third kappa shape index (κ3) is 4.07. The Morgan fingerprint density at radius 3 is 2.79 bits per heavy atom. The van der Waals surface area contributed by atoms with E-state index in [1.54, 1.807) is 26.2 Å². The second-order valence-electron chi connectivity index (χ2n) is 6.47. The SMILES string of the molecule is COCCNC(=O)c1oc2c(c1C)/C(=N/NC(=O)c1ccccc1O)CCC2. The molecule has 0 fully saturated rings. The summed E-state index contributed by atoms with van der Waals surface area (Å²) in [7, 11) is 1.56. The maximum Gasteiger partial charge on any atom is 0.287 e. The number of nitrogens with one attached hydrogen (secondary N) is 2. The van der Waals surface area contributed by atoms with Crippen LogP contribution in [0.1, 0.15) is 50.6 Å². The van der Waals surface area contributed by atoms with Gasteiger partial charge < -0.3 is 19.6 Å². The molecule has 1 heterocycles. The molecule has 1 aromatic heterocycles. The quantitative estimate of drug-likeness (QED) is 0.521. The van der Waals surface area contributed by atoms with Gasteiger partial charge in [-0.25, -0.2) is 5.43 Å². The summed E-state index contributed by atoms with van der Waals surface area (Å²) in [5.41, 5.74) is 4.75. The van der Waals surface area contributed by atoms with Gasteiger partial charge in [-0.3, -0.25) is 9.59 Å². The average Bonchev–Trinajstić information content (AvgIpc) is 3.04.